The first-order chi connectivity index (χ1) is 8.06. The average Bonchev–Trinajstić information content (AvgIpc) is 2.27. The molecule has 0 saturated carbocycles. The highest BCUT2D eigenvalue weighted by Crippen LogP contribution is 2.29. The van der Waals surface area contributed by atoms with Gasteiger partial charge in [0.25, 0.3) is 0 Å². The predicted octanol–water partition coefficient (Wildman–Crippen LogP) is 4.85. The van der Waals surface area contributed by atoms with Crippen molar-refractivity contribution in [1.29, 1.82) is 0 Å². The molecule has 4 heteroatoms. The summed E-state index contributed by atoms with van der Waals surface area (Å²) in [5.41, 5.74) is 9.69. The Hall–Kier alpha value is -1.000. The second kappa shape index (κ2) is 5.10. The van der Waals surface area contributed by atoms with Crippen LogP contribution in [0.1, 0.15) is 5.56 Å². The number of nitrogens with two attached hydrogens (primary N) is 1. The van der Waals surface area contributed by atoms with E-state index in [1.54, 1.807) is 0 Å². The van der Waals surface area contributed by atoms with E-state index in [1.807, 2.05) is 24.3 Å². The standard InChI is InChI=1S/C13H12Br2N2/c1-8-2-4-10(7-11(8)14)17-13-5-3-9(16)6-12(13)15/h2-7,17H,16H2,1H3. The first-order valence-electron chi connectivity index (χ1n) is 5.14. The van der Waals surface area contributed by atoms with E-state index in [0.29, 0.717) is 0 Å². The van der Waals surface area contributed by atoms with Crippen LogP contribution in [0.4, 0.5) is 17.1 Å². The lowest BCUT2D eigenvalue weighted by Crippen LogP contribution is -1.93. The molecular formula is C13H12Br2N2. The van der Waals surface area contributed by atoms with E-state index < -0.39 is 0 Å². The molecule has 0 unspecified atom stereocenters. The van der Waals surface area contributed by atoms with Gasteiger partial charge in [-0.2, -0.15) is 0 Å². The lowest BCUT2D eigenvalue weighted by Gasteiger charge is -2.10. The monoisotopic (exact) mass is 354 g/mol. The summed E-state index contributed by atoms with van der Waals surface area (Å²) in [6.07, 6.45) is 0. The Morgan fingerprint density at radius 2 is 1.76 bits per heavy atom. The molecule has 0 aliphatic heterocycles. The SMILES string of the molecule is Cc1ccc(Nc2ccc(N)cc2Br)cc1Br. The third kappa shape index (κ3) is 3.01. The van der Waals surface area contributed by atoms with Gasteiger partial charge in [0.1, 0.15) is 0 Å². The van der Waals surface area contributed by atoms with Crippen molar-refractivity contribution in [3.63, 3.8) is 0 Å². The number of anilines is 3. The van der Waals surface area contributed by atoms with E-state index in [2.05, 4.69) is 56.2 Å². The van der Waals surface area contributed by atoms with Crippen molar-refractivity contribution in [3.05, 3.63) is 50.9 Å². The van der Waals surface area contributed by atoms with Crippen molar-refractivity contribution in [2.24, 2.45) is 0 Å². The van der Waals surface area contributed by atoms with Gasteiger partial charge in [0.15, 0.2) is 0 Å². The molecule has 2 nitrogen and oxygen atoms in total. The summed E-state index contributed by atoms with van der Waals surface area (Å²) in [5, 5.41) is 3.34. The minimum Gasteiger partial charge on any atom is -0.399 e. The lowest BCUT2D eigenvalue weighted by atomic mass is 10.2. The molecule has 2 aromatic rings. The molecule has 17 heavy (non-hydrogen) atoms. The van der Waals surface area contributed by atoms with Gasteiger partial charge in [0.05, 0.1) is 5.69 Å². The topological polar surface area (TPSA) is 38.0 Å². The van der Waals surface area contributed by atoms with Crippen LogP contribution in [0, 0.1) is 6.92 Å². The van der Waals surface area contributed by atoms with Crippen LogP contribution in [-0.4, -0.2) is 0 Å². The fourth-order valence-electron chi connectivity index (χ4n) is 1.46. The van der Waals surface area contributed by atoms with Crippen LogP contribution in [0.5, 0.6) is 0 Å². The zero-order valence-corrected chi connectivity index (χ0v) is 12.5. The molecule has 88 valence electrons. The van der Waals surface area contributed by atoms with Gasteiger partial charge in [0.2, 0.25) is 0 Å². The zero-order valence-electron chi connectivity index (χ0n) is 9.30. The molecule has 3 N–H and O–H groups in total. The first kappa shape index (κ1) is 12.5. The maximum Gasteiger partial charge on any atom is 0.0530 e. The third-order valence-electron chi connectivity index (χ3n) is 2.44. The number of hydrogen-bond acceptors (Lipinski definition) is 2. The summed E-state index contributed by atoms with van der Waals surface area (Å²) in [7, 11) is 0. The molecule has 0 radical (unpaired) electrons. The number of nitrogens with one attached hydrogen (secondary N) is 1. The van der Waals surface area contributed by atoms with Crippen molar-refractivity contribution < 1.29 is 0 Å². The minimum atomic E-state index is 0.743. The molecule has 0 aromatic heterocycles. The molecule has 0 aliphatic rings. The summed E-state index contributed by atoms with van der Waals surface area (Å²) in [6.45, 7) is 2.06. The first-order valence-corrected chi connectivity index (χ1v) is 6.73. The molecule has 0 atom stereocenters. The largest absolute Gasteiger partial charge is 0.399 e. The average molecular weight is 356 g/mol. The van der Waals surface area contributed by atoms with E-state index in [9.17, 15) is 0 Å². The Morgan fingerprint density at radius 3 is 2.41 bits per heavy atom. The zero-order chi connectivity index (χ0) is 12.4. The molecule has 0 bridgehead atoms. The van der Waals surface area contributed by atoms with Gasteiger partial charge in [-0.25, -0.2) is 0 Å². The number of aryl methyl sites for hydroxylation is 1. The molecule has 0 saturated heterocycles. The Labute approximate surface area is 117 Å². The molecule has 0 fully saturated rings. The number of rotatable bonds is 2. The summed E-state index contributed by atoms with van der Waals surface area (Å²) in [6, 6.07) is 11.9. The van der Waals surface area contributed by atoms with E-state index in [-0.39, 0.29) is 0 Å². The van der Waals surface area contributed by atoms with Gasteiger partial charge in [0, 0.05) is 20.3 Å². The van der Waals surface area contributed by atoms with Crippen LogP contribution in [-0.2, 0) is 0 Å². The van der Waals surface area contributed by atoms with E-state index in [1.165, 1.54) is 5.56 Å². The molecule has 0 aliphatic carbocycles. The second-order valence-corrected chi connectivity index (χ2v) is 5.54. The Balaban J connectivity index is 2.28. The Kier molecular flexibility index (Phi) is 3.74. The maximum atomic E-state index is 5.70. The molecule has 0 amide bonds. The van der Waals surface area contributed by atoms with Crippen LogP contribution in [0.25, 0.3) is 0 Å². The predicted molar refractivity (Wildman–Crippen MR) is 80.7 cm³/mol. The van der Waals surface area contributed by atoms with Gasteiger partial charge < -0.3 is 11.1 Å². The van der Waals surface area contributed by atoms with Crippen molar-refractivity contribution in [2.75, 3.05) is 11.1 Å². The minimum absolute atomic E-state index is 0.743. The van der Waals surface area contributed by atoms with E-state index >= 15 is 0 Å². The summed E-state index contributed by atoms with van der Waals surface area (Å²) < 4.78 is 2.04. The number of benzene rings is 2. The van der Waals surface area contributed by atoms with Crippen LogP contribution < -0.4 is 11.1 Å². The summed E-state index contributed by atoms with van der Waals surface area (Å²) in [5.74, 6) is 0. The van der Waals surface area contributed by atoms with Gasteiger partial charge in [-0.15, -0.1) is 0 Å². The Morgan fingerprint density at radius 1 is 1.00 bits per heavy atom. The fourth-order valence-corrected chi connectivity index (χ4v) is 2.33. The van der Waals surface area contributed by atoms with E-state index in [0.717, 1.165) is 26.0 Å². The van der Waals surface area contributed by atoms with Crippen molar-refractivity contribution in [1.82, 2.24) is 0 Å². The molecular weight excluding hydrogens is 344 g/mol. The third-order valence-corrected chi connectivity index (χ3v) is 3.95. The smallest absolute Gasteiger partial charge is 0.0530 e. The van der Waals surface area contributed by atoms with Gasteiger partial charge in [-0.1, -0.05) is 22.0 Å². The van der Waals surface area contributed by atoms with Crippen molar-refractivity contribution in [3.8, 4) is 0 Å². The van der Waals surface area contributed by atoms with Crippen LogP contribution in [0.2, 0.25) is 0 Å². The molecule has 2 rings (SSSR count). The van der Waals surface area contributed by atoms with Gasteiger partial charge >= 0.3 is 0 Å². The summed E-state index contributed by atoms with van der Waals surface area (Å²) >= 11 is 7.00. The van der Waals surface area contributed by atoms with Crippen molar-refractivity contribution >= 4 is 48.9 Å². The van der Waals surface area contributed by atoms with E-state index in [4.69, 9.17) is 5.73 Å². The quantitative estimate of drug-likeness (QED) is 0.756. The Bertz CT molecular complexity index is 553. The number of halogens is 2. The van der Waals surface area contributed by atoms with Crippen LogP contribution >= 0.6 is 31.9 Å². The van der Waals surface area contributed by atoms with Crippen LogP contribution in [0.15, 0.2) is 45.3 Å². The molecule has 0 spiro atoms. The van der Waals surface area contributed by atoms with Crippen molar-refractivity contribution in [2.45, 2.75) is 6.92 Å². The van der Waals surface area contributed by atoms with Gasteiger partial charge in [-0.3, -0.25) is 0 Å². The lowest BCUT2D eigenvalue weighted by molar-refractivity contribution is 1.41. The highest BCUT2D eigenvalue weighted by molar-refractivity contribution is 9.11. The number of nitrogen functional groups attached to an aromatic ring is 1. The summed E-state index contributed by atoms with van der Waals surface area (Å²) in [4.78, 5) is 0. The highest BCUT2D eigenvalue weighted by Gasteiger charge is 2.02. The maximum absolute atomic E-state index is 5.70. The van der Waals surface area contributed by atoms with Crippen LogP contribution in [0.3, 0.4) is 0 Å². The van der Waals surface area contributed by atoms with Gasteiger partial charge in [-0.05, 0) is 58.7 Å². The number of hydrogen-bond donors (Lipinski definition) is 2. The molecule has 0 heterocycles. The second-order valence-electron chi connectivity index (χ2n) is 3.83. The fraction of sp³-hybridized carbons (Fsp3) is 0.0769. The highest BCUT2D eigenvalue weighted by atomic mass is 79.9. The normalized spacial score (nSPS) is 10.3. The molecule has 2 aromatic carbocycles.